The Morgan fingerprint density at radius 1 is 1.22 bits per heavy atom. The molecule has 0 unspecified atom stereocenters. The molecule has 1 atom stereocenters. The monoisotopic (exact) mass is 447 g/mol. The number of alkyl halides is 3. The van der Waals surface area contributed by atoms with Crippen LogP contribution in [0, 0.1) is 0 Å². The van der Waals surface area contributed by atoms with Crippen molar-refractivity contribution in [2.75, 3.05) is 13.1 Å². The number of pyridine rings is 1. The second-order valence-corrected chi connectivity index (χ2v) is 8.21. The zero-order valence-electron chi connectivity index (χ0n) is 16.9. The summed E-state index contributed by atoms with van der Waals surface area (Å²) >= 11 is 0. The van der Waals surface area contributed by atoms with E-state index in [1.54, 1.807) is 18.2 Å². The Kier molecular flexibility index (Phi) is 4.81. The molecular weight excluding hydrogens is 427 g/mol. The first-order valence-corrected chi connectivity index (χ1v) is 10.3. The van der Waals surface area contributed by atoms with Gasteiger partial charge >= 0.3 is 11.9 Å². The molecule has 1 aromatic carbocycles. The van der Waals surface area contributed by atoms with Gasteiger partial charge in [-0.3, -0.25) is 9.36 Å². The normalized spacial score (nSPS) is 19.1. The molecule has 2 aliphatic heterocycles. The Balaban J connectivity index is 1.54. The summed E-state index contributed by atoms with van der Waals surface area (Å²) in [5.41, 5.74) is -1.12. The molecule has 0 saturated carbocycles. The van der Waals surface area contributed by atoms with E-state index in [1.807, 2.05) is 0 Å². The number of β-amino-alcohol motifs (C(OH)–C–C–N with tert-alkyl or cyclic N) is 1. The Morgan fingerprint density at radius 3 is 2.69 bits per heavy atom. The fraction of sp³-hybridized carbons (Fsp3) is 0.429. The van der Waals surface area contributed by atoms with Crippen LogP contribution in [0.3, 0.4) is 0 Å². The van der Waals surface area contributed by atoms with E-state index in [9.17, 15) is 27.9 Å². The number of hydrogen-bond acceptors (Lipinski definition) is 5. The number of nitrogens with zero attached hydrogens (tertiary/aromatic N) is 5. The SMILES string of the molecule is O=C([C@@H]1CCCc2nn(Cc3cc(C(F)(F)F)nc4ccccc34)c(=O)n21)N1CC(O)C1. The lowest BCUT2D eigenvalue weighted by molar-refractivity contribution is -0.145. The molecule has 2 aliphatic rings. The van der Waals surface area contributed by atoms with E-state index in [-0.39, 0.29) is 36.6 Å². The molecule has 0 bridgehead atoms. The van der Waals surface area contributed by atoms with Gasteiger partial charge in [0.05, 0.1) is 18.2 Å². The number of benzene rings is 1. The lowest BCUT2D eigenvalue weighted by Gasteiger charge is -2.39. The first kappa shape index (κ1) is 20.7. The molecule has 5 rings (SSSR count). The maximum Gasteiger partial charge on any atom is 0.433 e. The number of fused-ring (bicyclic) bond motifs is 2. The highest BCUT2D eigenvalue weighted by Crippen LogP contribution is 2.31. The molecule has 11 heteroatoms. The van der Waals surface area contributed by atoms with Crippen LogP contribution >= 0.6 is 0 Å². The van der Waals surface area contributed by atoms with Crippen molar-refractivity contribution >= 4 is 16.8 Å². The Hall–Kier alpha value is -3.21. The minimum Gasteiger partial charge on any atom is -0.389 e. The average molecular weight is 447 g/mol. The highest BCUT2D eigenvalue weighted by atomic mass is 19.4. The first-order chi connectivity index (χ1) is 15.2. The number of aliphatic hydroxyl groups excluding tert-OH is 1. The summed E-state index contributed by atoms with van der Waals surface area (Å²) in [6, 6.07) is 6.66. The van der Waals surface area contributed by atoms with Gasteiger partial charge in [0.15, 0.2) is 0 Å². The zero-order chi connectivity index (χ0) is 22.6. The van der Waals surface area contributed by atoms with Gasteiger partial charge in [0, 0.05) is 24.9 Å². The Labute approximate surface area is 179 Å². The molecule has 3 aromatic rings. The molecule has 8 nitrogen and oxygen atoms in total. The van der Waals surface area contributed by atoms with Gasteiger partial charge in [-0.1, -0.05) is 18.2 Å². The molecule has 32 heavy (non-hydrogen) atoms. The predicted molar refractivity (Wildman–Crippen MR) is 107 cm³/mol. The molecule has 1 N–H and O–H groups in total. The standard InChI is InChI=1S/C21H20F3N5O3/c22-21(23,24)17-8-12(14-4-1-2-5-15(14)25-17)9-28-20(32)29-16(6-3-7-18(29)26-28)19(31)27-10-13(30)11-27/h1-2,4-5,8,13,16,30H,3,6-7,9-11H2/t16-/m0/s1. The summed E-state index contributed by atoms with van der Waals surface area (Å²) in [7, 11) is 0. The van der Waals surface area contributed by atoms with Crippen LogP contribution in [0.25, 0.3) is 10.9 Å². The van der Waals surface area contributed by atoms with Crippen molar-refractivity contribution in [3.8, 4) is 0 Å². The smallest absolute Gasteiger partial charge is 0.389 e. The van der Waals surface area contributed by atoms with E-state index < -0.39 is 29.7 Å². The van der Waals surface area contributed by atoms with Crippen LogP contribution in [0.4, 0.5) is 13.2 Å². The third-order valence-electron chi connectivity index (χ3n) is 6.00. The molecule has 168 valence electrons. The van der Waals surface area contributed by atoms with Crippen molar-refractivity contribution in [3.63, 3.8) is 0 Å². The van der Waals surface area contributed by atoms with Crippen molar-refractivity contribution in [2.45, 2.75) is 44.1 Å². The van der Waals surface area contributed by atoms with Gasteiger partial charge in [0.1, 0.15) is 17.6 Å². The van der Waals surface area contributed by atoms with E-state index in [0.29, 0.717) is 30.5 Å². The van der Waals surface area contributed by atoms with E-state index in [2.05, 4.69) is 10.1 Å². The maximum atomic E-state index is 13.4. The van der Waals surface area contributed by atoms with Gasteiger partial charge in [0.2, 0.25) is 5.91 Å². The van der Waals surface area contributed by atoms with Crippen LogP contribution in [-0.4, -0.2) is 54.4 Å². The summed E-state index contributed by atoms with van der Waals surface area (Å²) < 4.78 is 42.6. The van der Waals surface area contributed by atoms with Gasteiger partial charge < -0.3 is 10.0 Å². The number of rotatable bonds is 3. The van der Waals surface area contributed by atoms with Crippen LogP contribution < -0.4 is 5.69 Å². The number of para-hydroxylation sites is 1. The number of likely N-dealkylation sites (tertiary alicyclic amines) is 1. The number of amides is 1. The lowest BCUT2D eigenvalue weighted by Crippen LogP contribution is -2.56. The summed E-state index contributed by atoms with van der Waals surface area (Å²) in [4.78, 5) is 31.2. The molecule has 0 spiro atoms. The summed E-state index contributed by atoms with van der Waals surface area (Å²) in [6.07, 6.45) is -3.54. The predicted octanol–water partition coefficient (Wildman–Crippen LogP) is 1.74. The third-order valence-corrected chi connectivity index (χ3v) is 6.00. The lowest BCUT2D eigenvalue weighted by atomic mass is 10.0. The molecule has 1 saturated heterocycles. The van der Waals surface area contributed by atoms with Crippen LogP contribution in [0.5, 0.6) is 0 Å². The van der Waals surface area contributed by atoms with Crippen LogP contribution in [0.1, 0.15) is 36.0 Å². The molecule has 0 aliphatic carbocycles. The maximum absolute atomic E-state index is 13.4. The second-order valence-electron chi connectivity index (χ2n) is 8.21. The topological polar surface area (TPSA) is 93.2 Å². The Bertz CT molecular complexity index is 1260. The van der Waals surface area contributed by atoms with Gasteiger partial charge in [-0.25, -0.2) is 14.5 Å². The Morgan fingerprint density at radius 2 is 1.97 bits per heavy atom. The highest BCUT2D eigenvalue weighted by Gasteiger charge is 2.38. The van der Waals surface area contributed by atoms with Crippen molar-refractivity contribution in [1.29, 1.82) is 0 Å². The summed E-state index contributed by atoms with van der Waals surface area (Å²) in [5.74, 6) is 0.196. The quantitative estimate of drug-likeness (QED) is 0.660. The molecule has 2 aromatic heterocycles. The number of carbonyl (C=O) groups is 1. The summed E-state index contributed by atoms with van der Waals surface area (Å²) in [6.45, 7) is 0.293. The number of carbonyl (C=O) groups excluding carboxylic acids is 1. The van der Waals surface area contributed by atoms with Crippen molar-refractivity contribution in [1.82, 2.24) is 24.2 Å². The van der Waals surface area contributed by atoms with Crippen molar-refractivity contribution < 1.29 is 23.1 Å². The van der Waals surface area contributed by atoms with E-state index in [0.717, 1.165) is 10.7 Å². The minimum atomic E-state index is -4.63. The number of aliphatic hydroxyl groups is 1. The average Bonchev–Trinajstić information content (AvgIpc) is 3.06. The van der Waals surface area contributed by atoms with Gasteiger partial charge in [-0.05, 0) is 30.5 Å². The number of hydrogen-bond donors (Lipinski definition) is 1. The van der Waals surface area contributed by atoms with Gasteiger partial charge in [-0.2, -0.15) is 18.3 Å². The number of aryl methyl sites for hydroxylation is 1. The number of aromatic nitrogens is 4. The molecule has 4 heterocycles. The molecule has 0 radical (unpaired) electrons. The third kappa shape index (κ3) is 3.46. The number of halogens is 3. The van der Waals surface area contributed by atoms with Crippen molar-refractivity contribution in [2.24, 2.45) is 0 Å². The molecule has 1 fully saturated rings. The van der Waals surface area contributed by atoms with Gasteiger partial charge in [-0.15, -0.1) is 0 Å². The first-order valence-electron chi connectivity index (χ1n) is 10.3. The summed E-state index contributed by atoms with van der Waals surface area (Å²) in [5, 5.41) is 14.3. The minimum absolute atomic E-state index is 0.172. The van der Waals surface area contributed by atoms with E-state index in [4.69, 9.17) is 0 Å². The highest BCUT2D eigenvalue weighted by molar-refractivity contribution is 5.82. The van der Waals surface area contributed by atoms with Gasteiger partial charge in [0.25, 0.3) is 0 Å². The van der Waals surface area contributed by atoms with Crippen molar-refractivity contribution in [3.05, 3.63) is 57.9 Å². The van der Waals surface area contributed by atoms with Crippen LogP contribution in [0.15, 0.2) is 35.1 Å². The largest absolute Gasteiger partial charge is 0.433 e. The fourth-order valence-electron chi connectivity index (χ4n) is 4.40. The van der Waals surface area contributed by atoms with Crippen LogP contribution in [0.2, 0.25) is 0 Å². The molecule has 1 amide bonds. The van der Waals surface area contributed by atoms with E-state index in [1.165, 1.54) is 15.5 Å². The van der Waals surface area contributed by atoms with E-state index >= 15 is 0 Å². The fourth-order valence-corrected chi connectivity index (χ4v) is 4.40. The van der Waals surface area contributed by atoms with Crippen LogP contribution in [-0.2, 0) is 23.9 Å². The second kappa shape index (κ2) is 7.44. The molecular formula is C21H20F3N5O3. The zero-order valence-corrected chi connectivity index (χ0v) is 16.9.